The van der Waals surface area contributed by atoms with Gasteiger partial charge in [0.05, 0.1) is 6.20 Å². The number of amides is 1. The molecule has 0 radical (unpaired) electrons. The molecule has 1 fully saturated rings. The highest BCUT2D eigenvalue weighted by molar-refractivity contribution is 7.89. The van der Waals surface area contributed by atoms with Crippen molar-refractivity contribution in [2.24, 2.45) is 0 Å². The van der Waals surface area contributed by atoms with Crippen molar-refractivity contribution in [2.75, 3.05) is 6.54 Å². The van der Waals surface area contributed by atoms with Gasteiger partial charge in [-0.2, -0.15) is 4.31 Å². The number of nitrogens with zero attached hydrogens (tertiary/aromatic N) is 5. The fraction of sp³-hybridized carbons (Fsp3) is 0.667. The van der Waals surface area contributed by atoms with Crippen LogP contribution in [0.15, 0.2) is 15.6 Å². The molecule has 1 aliphatic heterocycles. The van der Waals surface area contributed by atoms with Crippen molar-refractivity contribution in [1.82, 2.24) is 29.8 Å². The Bertz CT molecular complexity index is 945. The summed E-state index contributed by atoms with van der Waals surface area (Å²) in [6.07, 6.45) is 4.74. The standard InChI is InChI=1S/C18H28N6O4S/c1-12(2)19-18(25)16-11-23(22-20-16)10-8-15-7-5-6-9-24(15)29(26,27)17-13(3)21-28-14(17)4/h11-12,15H,5-10H2,1-4H3,(H,19,25). The topological polar surface area (TPSA) is 123 Å². The summed E-state index contributed by atoms with van der Waals surface area (Å²) in [4.78, 5) is 12.2. The van der Waals surface area contributed by atoms with Crippen LogP contribution in [0.5, 0.6) is 0 Å². The largest absolute Gasteiger partial charge is 0.360 e. The molecule has 0 bridgehead atoms. The third-order valence-corrected chi connectivity index (χ3v) is 7.19. The summed E-state index contributed by atoms with van der Waals surface area (Å²) >= 11 is 0. The first-order valence-electron chi connectivity index (χ1n) is 9.86. The summed E-state index contributed by atoms with van der Waals surface area (Å²) in [5.74, 6) is 0.0374. The van der Waals surface area contributed by atoms with E-state index in [1.54, 1.807) is 29.0 Å². The molecule has 0 saturated carbocycles. The molecule has 1 amide bonds. The lowest BCUT2D eigenvalue weighted by molar-refractivity contribution is 0.0938. The van der Waals surface area contributed by atoms with Gasteiger partial charge >= 0.3 is 0 Å². The second kappa shape index (κ2) is 8.62. The molecule has 1 aliphatic rings. The number of hydrogen-bond acceptors (Lipinski definition) is 7. The van der Waals surface area contributed by atoms with E-state index < -0.39 is 10.0 Å². The Morgan fingerprint density at radius 2 is 2.10 bits per heavy atom. The minimum atomic E-state index is -3.69. The van der Waals surface area contributed by atoms with Gasteiger partial charge in [-0.3, -0.25) is 9.48 Å². The number of aryl methyl sites for hydroxylation is 3. The Morgan fingerprint density at radius 1 is 1.34 bits per heavy atom. The van der Waals surface area contributed by atoms with E-state index in [9.17, 15) is 13.2 Å². The Labute approximate surface area is 170 Å². The number of piperidine rings is 1. The zero-order valence-electron chi connectivity index (χ0n) is 17.3. The van der Waals surface area contributed by atoms with E-state index in [0.717, 1.165) is 19.3 Å². The summed E-state index contributed by atoms with van der Waals surface area (Å²) in [7, 11) is -3.69. The summed E-state index contributed by atoms with van der Waals surface area (Å²) < 4.78 is 34.7. The van der Waals surface area contributed by atoms with Gasteiger partial charge in [0.2, 0.25) is 10.0 Å². The highest BCUT2D eigenvalue weighted by atomic mass is 32.2. The van der Waals surface area contributed by atoms with Crippen molar-refractivity contribution < 1.29 is 17.7 Å². The monoisotopic (exact) mass is 424 g/mol. The van der Waals surface area contributed by atoms with Crippen LogP contribution in [0.2, 0.25) is 0 Å². The van der Waals surface area contributed by atoms with Crippen molar-refractivity contribution in [1.29, 1.82) is 0 Å². The predicted octanol–water partition coefficient (Wildman–Crippen LogP) is 1.65. The van der Waals surface area contributed by atoms with E-state index in [4.69, 9.17) is 4.52 Å². The number of nitrogens with one attached hydrogen (secondary N) is 1. The Hall–Kier alpha value is -2.27. The summed E-state index contributed by atoms with van der Waals surface area (Å²) in [6, 6.07) is -0.141. The normalized spacial score (nSPS) is 18.3. The summed E-state index contributed by atoms with van der Waals surface area (Å²) in [6.45, 7) is 7.95. The van der Waals surface area contributed by atoms with E-state index >= 15 is 0 Å². The fourth-order valence-corrected chi connectivity index (χ4v) is 5.69. The van der Waals surface area contributed by atoms with Gasteiger partial charge < -0.3 is 9.84 Å². The molecule has 10 nitrogen and oxygen atoms in total. The Balaban J connectivity index is 1.71. The molecule has 3 rings (SSSR count). The van der Waals surface area contributed by atoms with Crippen LogP contribution in [-0.4, -0.2) is 57.4 Å². The van der Waals surface area contributed by atoms with E-state index in [1.807, 2.05) is 13.8 Å². The molecule has 0 aliphatic carbocycles. The van der Waals surface area contributed by atoms with Crippen LogP contribution in [0.3, 0.4) is 0 Å². The molecule has 1 saturated heterocycles. The molecule has 160 valence electrons. The minimum absolute atomic E-state index is 0.0120. The van der Waals surface area contributed by atoms with Crippen molar-refractivity contribution in [2.45, 2.75) is 76.9 Å². The maximum absolute atomic E-state index is 13.2. The first kappa shape index (κ1) is 21.4. The van der Waals surface area contributed by atoms with Gasteiger partial charge in [-0.05, 0) is 47.0 Å². The fourth-order valence-electron chi connectivity index (χ4n) is 3.67. The lowest BCUT2D eigenvalue weighted by Gasteiger charge is -2.34. The predicted molar refractivity (Wildman–Crippen MR) is 105 cm³/mol. The van der Waals surface area contributed by atoms with E-state index in [1.165, 1.54) is 0 Å². The number of sulfonamides is 1. The molecule has 11 heteroatoms. The van der Waals surface area contributed by atoms with Gasteiger partial charge in [0.1, 0.15) is 10.6 Å². The van der Waals surface area contributed by atoms with Crippen LogP contribution in [0.1, 0.15) is 61.5 Å². The van der Waals surface area contributed by atoms with Gasteiger partial charge in [-0.25, -0.2) is 8.42 Å². The van der Waals surface area contributed by atoms with Crippen molar-refractivity contribution in [3.63, 3.8) is 0 Å². The first-order chi connectivity index (χ1) is 13.7. The van der Waals surface area contributed by atoms with Crippen LogP contribution in [-0.2, 0) is 16.6 Å². The quantitative estimate of drug-likeness (QED) is 0.717. The van der Waals surface area contributed by atoms with Crippen LogP contribution < -0.4 is 5.32 Å². The van der Waals surface area contributed by atoms with Crippen LogP contribution in [0.4, 0.5) is 0 Å². The zero-order valence-corrected chi connectivity index (χ0v) is 18.1. The van der Waals surface area contributed by atoms with E-state index in [2.05, 4.69) is 20.8 Å². The number of carbonyl (C=O) groups excluding carboxylic acids is 1. The minimum Gasteiger partial charge on any atom is -0.360 e. The molecule has 2 aromatic rings. The van der Waals surface area contributed by atoms with Crippen LogP contribution >= 0.6 is 0 Å². The van der Waals surface area contributed by atoms with E-state index in [0.29, 0.717) is 31.0 Å². The number of hydrogen-bond donors (Lipinski definition) is 1. The van der Waals surface area contributed by atoms with Gasteiger partial charge in [-0.15, -0.1) is 5.10 Å². The molecular formula is C18H28N6O4S. The lowest BCUT2D eigenvalue weighted by Crippen LogP contribution is -2.44. The Morgan fingerprint density at radius 3 is 2.76 bits per heavy atom. The maximum Gasteiger partial charge on any atom is 0.273 e. The lowest BCUT2D eigenvalue weighted by atomic mass is 10.0. The summed E-state index contributed by atoms with van der Waals surface area (Å²) in [5.41, 5.74) is 0.631. The van der Waals surface area contributed by atoms with Crippen molar-refractivity contribution in [3.05, 3.63) is 23.3 Å². The molecular weight excluding hydrogens is 396 g/mol. The molecule has 3 heterocycles. The maximum atomic E-state index is 13.2. The number of aromatic nitrogens is 4. The highest BCUT2D eigenvalue weighted by Crippen LogP contribution is 2.30. The number of rotatable bonds is 7. The smallest absolute Gasteiger partial charge is 0.273 e. The first-order valence-corrected chi connectivity index (χ1v) is 11.3. The van der Waals surface area contributed by atoms with Crippen molar-refractivity contribution >= 4 is 15.9 Å². The molecule has 1 atom stereocenters. The molecule has 29 heavy (non-hydrogen) atoms. The van der Waals surface area contributed by atoms with Crippen LogP contribution in [0, 0.1) is 13.8 Å². The third kappa shape index (κ3) is 4.67. The highest BCUT2D eigenvalue weighted by Gasteiger charge is 2.37. The SMILES string of the molecule is Cc1noc(C)c1S(=O)(=O)N1CCCCC1CCn1cc(C(=O)NC(C)C)nn1. The summed E-state index contributed by atoms with van der Waals surface area (Å²) in [5, 5.41) is 14.5. The molecule has 1 unspecified atom stereocenters. The molecule has 1 N–H and O–H groups in total. The zero-order chi connectivity index (χ0) is 21.2. The van der Waals surface area contributed by atoms with Gasteiger partial charge in [0.15, 0.2) is 11.5 Å². The second-order valence-electron chi connectivity index (χ2n) is 7.70. The van der Waals surface area contributed by atoms with Crippen LogP contribution in [0.25, 0.3) is 0 Å². The van der Waals surface area contributed by atoms with Gasteiger partial charge in [0.25, 0.3) is 5.91 Å². The van der Waals surface area contributed by atoms with E-state index in [-0.39, 0.29) is 28.6 Å². The third-order valence-electron chi connectivity index (χ3n) is 4.99. The number of carbonyl (C=O) groups is 1. The van der Waals surface area contributed by atoms with Gasteiger partial charge in [0, 0.05) is 25.2 Å². The Kier molecular flexibility index (Phi) is 6.37. The van der Waals surface area contributed by atoms with Crippen molar-refractivity contribution in [3.8, 4) is 0 Å². The average molecular weight is 425 g/mol. The molecule has 0 aromatic carbocycles. The van der Waals surface area contributed by atoms with Gasteiger partial charge in [-0.1, -0.05) is 16.8 Å². The average Bonchev–Trinajstić information content (AvgIpc) is 3.26. The molecule has 2 aromatic heterocycles. The second-order valence-corrected chi connectivity index (χ2v) is 9.53. The molecule has 0 spiro atoms.